The number of benzene rings is 3. The van der Waals surface area contributed by atoms with E-state index < -0.39 is 10.0 Å². The summed E-state index contributed by atoms with van der Waals surface area (Å²) in [6.07, 6.45) is 1.11. The smallest absolute Gasteiger partial charge is 0.255 e. The number of hydrogen-bond donors (Lipinski definition) is 1. The molecule has 0 atom stereocenters. The Morgan fingerprint density at radius 3 is 2.03 bits per heavy atom. The van der Waals surface area contributed by atoms with Gasteiger partial charge in [0.25, 0.3) is 5.91 Å². The molecule has 0 aliphatic carbocycles. The fourth-order valence-electron chi connectivity index (χ4n) is 3.13. The lowest BCUT2D eigenvalue weighted by Gasteiger charge is -2.23. The Morgan fingerprint density at radius 1 is 0.933 bits per heavy atom. The highest BCUT2D eigenvalue weighted by molar-refractivity contribution is 7.92. The normalized spacial score (nSPS) is 11.2. The molecule has 0 bridgehead atoms. The van der Waals surface area contributed by atoms with Gasteiger partial charge in [-0.2, -0.15) is 0 Å². The summed E-state index contributed by atoms with van der Waals surface area (Å²) < 4.78 is 39.0. The van der Waals surface area contributed by atoms with Gasteiger partial charge in [0, 0.05) is 11.3 Å². The molecular formula is C23H23FN2O3S. The molecule has 3 aromatic carbocycles. The molecule has 1 amide bonds. The molecular weight excluding hydrogens is 403 g/mol. The fraction of sp³-hybridized carbons (Fsp3) is 0.174. The quantitative estimate of drug-likeness (QED) is 0.623. The van der Waals surface area contributed by atoms with Crippen molar-refractivity contribution in [1.82, 2.24) is 0 Å². The number of rotatable bonds is 6. The van der Waals surface area contributed by atoms with Crippen molar-refractivity contribution in [2.24, 2.45) is 0 Å². The van der Waals surface area contributed by atoms with Gasteiger partial charge in [-0.3, -0.25) is 9.10 Å². The first-order chi connectivity index (χ1) is 14.1. The first-order valence-corrected chi connectivity index (χ1v) is 11.2. The number of anilines is 2. The minimum Gasteiger partial charge on any atom is -0.322 e. The van der Waals surface area contributed by atoms with E-state index in [0.29, 0.717) is 16.8 Å². The molecule has 0 unspecified atom stereocenters. The van der Waals surface area contributed by atoms with Crippen molar-refractivity contribution in [1.29, 1.82) is 0 Å². The topological polar surface area (TPSA) is 66.5 Å². The second-order valence-electron chi connectivity index (χ2n) is 7.16. The van der Waals surface area contributed by atoms with Crippen LogP contribution in [0.2, 0.25) is 0 Å². The van der Waals surface area contributed by atoms with Crippen LogP contribution in [0.15, 0.2) is 66.7 Å². The van der Waals surface area contributed by atoms with Crippen LogP contribution < -0.4 is 9.62 Å². The van der Waals surface area contributed by atoms with Crippen molar-refractivity contribution in [3.8, 4) is 0 Å². The molecule has 0 saturated heterocycles. The number of nitrogens with zero attached hydrogens (tertiary/aromatic N) is 1. The number of amides is 1. The maximum Gasteiger partial charge on any atom is 0.255 e. The van der Waals surface area contributed by atoms with Gasteiger partial charge in [-0.05, 0) is 66.9 Å². The average Bonchev–Trinajstić information content (AvgIpc) is 2.69. The molecule has 0 aliphatic rings. The van der Waals surface area contributed by atoms with Gasteiger partial charge in [-0.15, -0.1) is 0 Å². The number of sulfonamides is 1. The van der Waals surface area contributed by atoms with Crippen molar-refractivity contribution in [3.05, 3.63) is 94.8 Å². The van der Waals surface area contributed by atoms with Gasteiger partial charge in [0.1, 0.15) is 5.82 Å². The average molecular weight is 427 g/mol. The second-order valence-corrected chi connectivity index (χ2v) is 9.07. The minimum absolute atomic E-state index is 0.0626. The Bertz CT molecular complexity index is 1140. The largest absolute Gasteiger partial charge is 0.322 e. The molecule has 0 spiro atoms. The number of para-hydroxylation sites is 1. The maximum atomic E-state index is 13.1. The first-order valence-electron chi connectivity index (χ1n) is 9.35. The molecule has 30 heavy (non-hydrogen) atoms. The zero-order chi connectivity index (χ0) is 21.9. The van der Waals surface area contributed by atoms with Crippen molar-refractivity contribution in [2.45, 2.75) is 20.4 Å². The Morgan fingerprint density at radius 2 is 1.50 bits per heavy atom. The van der Waals surface area contributed by atoms with Crippen molar-refractivity contribution in [3.63, 3.8) is 0 Å². The summed E-state index contributed by atoms with van der Waals surface area (Å²) in [6, 6.07) is 17.8. The van der Waals surface area contributed by atoms with Gasteiger partial charge in [-0.1, -0.05) is 30.3 Å². The zero-order valence-electron chi connectivity index (χ0n) is 17.0. The molecule has 3 rings (SSSR count). The maximum absolute atomic E-state index is 13.1. The standard InChI is InChI=1S/C23H23FN2O3S/c1-16-5-4-6-17(2)22(16)25-23(27)19-9-13-21(14-10-19)26(30(3,28)29)15-18-7-11-20(24)12-8-18/h4-14H,15H2,1-3H3,(H,25,27). The number of hydrogen-bond acceptors (Lipinski definition) is 3. The van der Waals surface area contributed by atoms with Crippen LogP contribution in [-0.4, -0.2) is 20.6 Å². The summed E-state index contributed by atoms with van der Waals surface area (Å²) in [7, 11) is -3.58. The van der Waals surface area contributed by atoms with Crippen LogP contribution in [-0.2, 0) is 16.6 Å². The van der Waals surface area contributed by atoms with Gasteiger partial charge in [0.15, 0.2) is 0 Å². The van der Waals surface area contributed by atoms with Crippen molar-refractivity contribution < 1.29 is 17.6 Å². The minimum atomic E-state index is -3.58. The summed E-state index contributed by atoms with van der Waals surface area (Å²) >= 11 is 0. The van der Waals surface area contributed by atoms with Crippen molar-refractivity contribution >= 4 is 27.3 Å². The summed E-state index contributed by atoms with van der Waals surface area (Å²) in [5.74, 6) is -0.660. The molecule has 156 valence electrons. The van der Waals surface area contributed by atoms with Crippen molar-refractivity contribution in [2.75, 3.05) is 15.9 Å². The zero-order valence-corrected chi connectivity index (χ0v) is 17.8. The molecule has 0 fully saturated rings. The monoisotopic (exact) mass is 426 g/mol. The predicted molar refractivity (Wildman–Crippen MR) is 118 cm³/mol. The Balaban J connectivity index is 1.82. The van der Waals surface area contributed by atoms with Crippen LogP contribution in [0.3, 0.4) is 0 Å². The number of aryl methyl sites for hydroxylation is 2. The van der Waals surface area contributed by atoms with Crippen LogP contribution in [0.25, 0.3) is 0 Å². The lowest BCUT2D eigenvalue weighted by Crippen LogP contribution is -2.29. The van der Waals surface area contributed by atoms with Gasteiger partial charge in [-0.25, -0.2) is 12.8 Å². The van der Waals surface area contributed by atoms with Gasteiger partial charge in [0.05, 0.1) is 18.5 Å². The molecule has 1 N–H and O–H groups in total. The fourth-order valence-corrected chi connectivity index (χ4v) is 4.02. The molecule has 0 saturated carbocycles. The molecule has 3 aromatic rings. The number of nitrogens with one attached hydrogen (secondary N) is 1. The SMILES string of the molecule is Cc1cccc(C)c1NC(=O)c1ccc(N(Cc2ccc(F)cc2)S(C)(=O)=O)cc1. The van der Waals surface area contributed by atoms with E-state index >= 15 is 0 Å². The highest BCUT2D eigenvalue weighted by Crippen LogP contribution is 2.23. The molecule has 5 nitrogen and oxygen atoms in total. The molecule has 7 heteroatoms. The third-order valence-electron chi connectivity index (χ3n) is 4.78. The van der Waals surface area contributed by atoms with E-state index in [1.54, 1.807) is 36.4 Å². The lowest BCUT2D eigenvalue weighted by molar-refractivity contribution is 0.102. The number of carbonyl (C=O) groups excluding carboxylic acids is 1. The third kappa shape index (κ3) is 5.04. The summed E-state index contributed by atoms with van der Waals surface area (Å²) in [6.45, 7) is 3.91. The van der Waals surface area contributed by atoms with E-state index in [-0.39, 0.29) is 18.3 Å². The summed E-state index contributed by atoms with van der Waals surface area (Å²) in [4.78, 5) is 12.6. The molecule has 0 heterocycles. The van der Waals surface area contributed by atoms with Crippen LogP contribution >= 0.6 is 0 Å². The predicted octanol–water partition coefficient (Wildman–Crippen LogP) is 4.66. The highest BCUT2D eigenvalue weighted by atomic mass is 32.2. The van der Waals surface area contributed by atoms with E-state index in [1.165, 1.54) is 16.4 Å². The van der Waals surface area contributed by atoms with Crippen LogP contribution in [0.5, 0.6) is 0 Å². The second kappa shape index (κ2) is 8.67. The van der Waals surface area contributed by atoms with Crippen LogP contribution in [0, 0.1) is 19.7 Å². The Kier molecular flexibility index (Phi) is 6.22. The number of carbonyl (C=O) groups is 1. The van der Waals surface area contributed by atoms with Crippen LogP contribution in [0.1, 0.15) is 27.0 Å². The van der Waals surface area contributed by atoms with Gasteiger partial charge in [0.2, 0.25) is 10.0 Å². The van der Waals surface area contributed by atoms with Crippen LogP contribution in [0.4, 0.5) is 15.8 Å². The van der Waals surface area contributed by atoms with E-state index in [9.17, 15) is 17.6 Å². The Hall–Kier alpha value is -3.19. The van der Waals surface area contributed by atoms with E-state index in [0.717, 1.165) is 23.1 Å². The Labute approximate surface area is 176 Å². The summed E-state index contributed by atoms with van der Waals surface area (Å²) in [5.41, 5.74) is 4.17. The summed E-state index contributed by atoms with van der Waals surface area (Å²) in [5, 5.41) is 2.91. The number of halogens is 1. The van der Waals surface area contributed by atoms with E-state index in [2.05, 4.69) is 5.32 Å². The first kappa shape index (κ1) is 21.5. The van der Waals surface area contributed by atoms with Gasteiger partial charge >= 0.3 is 0 Å². The van der Waals surface area contributed by atoms with E-state index in [4.69, 9.17) is 0 Å². The molecule has 0 aliphatic heterocycles. The lowest BCUT2D eigenvalue weighted by atomic mass is 10.1. The third-order valence-corrected chi connectivity index (χ3v) is 5.92. The van der Waals surface area contributed by atoms with Gasteiger partial charge < -0.3 is 5.32 Å². The van der Waals surface area contributed by atoms with E-state index in [1.807, 2.05) is 32.0 Å². The molecule has 0 radical (unpaired) electrons. The highest BCUT2D eigenvalue weighted by Gasteiger charge is 2.19. The molecule has 0 aromatic heterocycles.